The second-order valence-electron chi connectivity index (χ2n) is 4.63. The van der Waals surface area contributed by atoms with Crippen molar-refractivity contribution in [3.63, 3.8) is 0 Å². The van der Waals surface area contributed by atoms with E-state index < -0.39 is 0 Å². The summed E-state index contributed by atoms with van der Waals surface area (Å²) in [5.74, 6) is 0.454. The summed E-state index contributed by atoms with van der Waals surface area (Å²) in [5, 5.41) is 2.83. The van der Waals surface area contributed by atoms with Crippen LogP contribution < -0.4 is 5.32 Å². The smallest absolute Gasteiger partial charge is 0.253 e. The topological polar surface area (TPSA) is 67.8 Å². The lowest BCUT2D eigenvalue weighted by Gasteiger charge is -2.05. The molecule has 0 aliphatic heterocycles. The van der Waals surface area contributed by atoms with Crippen molar-refractivity contribution in [1.29, 1.82) is 0 Å². The van der Waals surface area contributed by atoms with Crippen LogP contribution in [0.2, 0.25) is 0 Å². The van der Waals surface area contributed by atoms with Gasteiger partial charge in [0.25, 0.3) is 5.91 Å². The molecule has 0 spiro atoms. The maximum Gasteiger partial charge on any atom is 0.253 e. The predicted molar refractivity (Wildman–Crippen MR) is 69.4 cm³/mol. The van der Waals surface area contributed by atoms with Crippen LogP contribution in [-0.4, -0.2) is 20.9 Å². The molecular formula is C14H14N4O. The van der Waals surface area contributed by atoms with E-state index in [0.717, 1.165) is 11.4 Å². The van der Waals surface area contributed by atoms with Gasteiger partial charge in [0.05, 0.1) is 17.8 Å². The molecule has 5 heteroatoms. The van der Waals surface area contributed by atoms with Crippen molar-refractivity contribution in [3.8, 4) is 0 Å². The van der Waals surface area contributed by atoms with Gasteiger partial charge in [0, 0.05) is 24.0 Å². The summed E-state index contributed by atoms with van der Waals surface area (Å²) >= 11 is 0. The molecule has 3 rings (SSSR count). The molecule has 19 heavy (non-hydrogen) atoms. The normalized spacial score (nSPS) is 14.1. The van der Waals surface area contributed by atoms with Gasteiger partial charge in [-0.25, -0.2) is 9.97 Å². The Morgan fingerprint density at radius 3 is 3.00 bits per heavy atom. The quantitative estimate of drug-likeness (QED) is 0.901. The first-order chi connectivity index (χ1) is 9.33. The molecule has 0 bridgehead atoms. The van der Waals surface area contributed by atoms with Gasteiger partial charge in [0.15, 0.2) is 0 Å². The first-order valence-corrected chi connectivity index (χ1v) is 6.32. The van der Waals surface area contributed by atoms with Gasteiger partial charge in [0.2, 0.25) is 0 Å². The minimum absolute atomic E-state index is 0.139. The maximum absolute atomic E-state index is 11.9. The lowest BCUT2D eigenvalue weighted by molar-refractivity contribution is 0.0950. The molecule has 0 unspecified atom stereocenters. The number of nitrogens with one attached hydrogen (secondary N) is 1. The molecule has 0 saturated heterocycles. The van der Waals surface area contributed by atoms with E-state index in [9.17, 15) is 4.79 Å². The number of carbonyl (C=O) groups excluding carboxylic acids is 1. The summed E-state index contributed by atoms with van der Waals surface area (Å²) in [7, 11) is 0. The highest BCUT2D eigenvalue weighted by atomic mass is 16.1. The van der Waals surface area contributed by atoms with Gasteiger partial charge in [-0.15, -0.1) is 0 Å². The summed E-state index contributed by atoms with van der Waals surface area (Å²) in [6.07, 6.45) is 7.17. The minimum Gasteiger partial charge on any atom is -0.346 e. The summed E-state index contributed by atoms with van der Waals surface area (Å²) < 4.78 is 0. The molecule has 1 aliphatic carbocycles. The Balaban J connectivity index is 1.63. The summed E-state index contributed by atoms with van der Waals surface area (Å²) in [5.41, 5.74) is 2.48. The van der Waals surface area contributed by atoms with Crippen molar-refractivity contribution in [2.75, 3.05) is 0 Å². The van der Waals surface area contributed by atoms with Crippen LogP contribution in [-0.2, 0) is 6.54 Å². The van der Waals surface area contributed by atoms with Gasteiger partial charge in [-0.3, -0.25) is 9.78 Å². The van der Waals surface area contributed by atoms with Crippen molar-refractivity contribution in [2.24, 2.45) is 0 Å². The zero-order valence-corrected chi connectivity index (χ0v) is 10.4. The molecule has 2 aromatic rings. The number of amides is 1. The standard InChI is InChI=1S/C14H14N4O/c19-14(11-2-1-5-15-7-11)16-8-12-6-13(10-3-4-10)18-9-17-12/h1-2,5-7,9-10H,3-4,8H2,(H,16,19). The van der Waals surface area contributed by atoms with Crippen LogP contribution in [0.1, 0.15) is 40.5 Å². The Bertz CT molecular complexity index is 581. The molecular weight excluding hydrogens is 240 g/mol. The van der Waals surface area contributed by atoms with Crippen LogP contribution in [0.15, 0.2) is 36.9 Å². The van der Waals surface area contributed by atoms with Gasteiger partial charge in [-0.2, -0.15) is 0 Å². The van der Waals surface area contributed by atoms with Crippen LogP contribution in [0.3, 0.4) is 0 Å². The Hall–Kier alpha value is -2.30. The highest BCUT2D eigenvalue weighted by molar-refractivity contribution is 5.93. The number of rotatable bonds is 4. The first kappa shape index (κ1) is 11.8. The van der Waals surface area contributed by atoms with Gasteiger partial charge in [-0.05, 0) is 31.0 Å². The van der Waals surface area contributed by atoms with Crippen LogP contribution in [0.5, 0.6) is 0 Å². The number of pyridine rings is 1. The van der Waals surface area contributed by atoms with Crippen molar-refractivity contribution >= 4 is 5.91 Å². The fraction of sp³-hybridized carbons (Fsp3) is 0.286. The average molecular weight is 254 g/mol. The molecule has 2 aromatic heterocycles. The monoisotopic (exact) mass is 254 g/mol. The van der Waals surface area contributed by atoms with Gasteiger partial charge in [-0.1, -0.05) is 0 Å². The largest absolute Gasteiger partial charge is 0.346 e. The summed E-state index contributed by atoms with van der Waals surface area (Å²) in [6, 6.07) is 5.45. The molecule has 0 atom stereocenters. The number of aromatic nitrogens is 3. The molecule has 96 valence electrons. The van der Waals surface area contributed by atoms with E-state index in [-0.39, 0.29) is 5.91 Å². The predicted octanol–water partition coefficient (Wildman–Crippen LogP) is 1.68. The van der Waals surface area contributed by atoms with Crippen molar-refractivity contribution in [3.05, 3.63) is 53.9 Å². The molecule has 0 radical (unpaired) electrons. The van der Waals surface area contributed by atoms with Gasteiger partial charge < -0.3 is 5.32 Å². The van der Waals surface area contributed by atoms with Crippen molar-refractivity contribution in [2.45, 2.75) is 25.3 Å². The molecule has 1 saturated carbocycles. The zero-order valence-electron chi connectivity index (χ0n) is 10.4. The van der Waals surface area contributed by atoms with Crippen LogP contribution in [0, 0.1) is 0 Å². The van der Waals surface area contributed by atoms with E-state index in [1.54, 1.807) is 30.9 Å². The minimum atomic E-state index is -0.139. The molecule has 5 nitrogen and oxygen atoms in total. The van der Waals surface area contributed by atoms with Gasteiger partial charge >= 0.3 is 0 Å². The second-order valence-corrected chi connectivity index (χ2v) is 4.63. The van der Waals surface area contributed by atoms with E-state index in [4.69, 9.17) is 0 Å². The Morgan fingerprint density at radius 1 is 1.37 bits per heavy atom. The molecule has 1 N–H and O–H groups in total. The molecule has 1 aliphatic rings. The van der Waals surface area contributed by atoms with E-state index in [1.165, 1.54) is 12.8 Å². The van der Waals surface area contributed by atoms with Crippen LogP contribution in [0.4, 0.5) is 0 Å². The fourth-order valence-corrected chi connectivity index (χ4v) is 1.88. The highest BCUT2D eigenvalue weighted by Crippen LogP contribution is 2.38. The zero-order chi connectivity index (χ0) is 13.1. The maximum atomic E-state index is 11.9. The van der Waals surface area contributed by atoms with Crippen molar-refractivity contribution < 1.29 is 4.79 Å². The van der Waals surface area contributed by atoms with Crippen LogP contribution in [0.25, 0.3) is 0 Å². The van der Waals surface area contributed by atoms with E-state index in [2.05, 4.69) is 20.3 Å². The summed E-state index contributed by atoms with van der Waals surface area (Å²) in [4.78, 5) is 24.2. The third-order valence-corrected chi connectivity index (χ3v) is 3.09. The van der Waals surface area contributed by atoms with Crippen molar-refractivity contribution in [1.82, 2.24) is 20.3 Å². The van der Waals surface area contributed by atoms with Gasteiger partial charge in [0.1, 0.15) is 6.33 Å². The Labute approximate surface area is 111 Å². The van der Waals surface area contributed by atoms with E-state index in [1.807, 2.05) is 6.07 Å². The first-order valence-electron chi connectivity index (χ1n) is 6.32. The number of carbonyl (C=O) groups is 1. The van der Waals surface area contributed by atoms with E-state index >= 15 is 0 Å². The molecule has 0 aromatic carbocycles. The number of nitrogens with zero attached hydrogens (tertiary/aromatic N) is 3. The van der Waals surface area contributed by atoms with Crippen LogP contribution >= 0.6 is 0 Å². The average Bonchev–Trinajstić information content (AvgIpc) is 3.31. The number of hydrogen-bond donors (Lipinski definition) is 1. The lowest BCUT2D eigenvalue weighted by atomic mass is 10.2. The summed E-state index contributed by atoms with van der Waals surface area (Å²) in [6.45, 7) is 0.413. The molecule has 2 heterocycles. The van der Waals surface area contributed by atoms with E-state index in [0.29, 0.717) is 18.0 Å². The molecule has 1 fully saturated rings. The second kappa shape index (κ2) is 5.14. The Morgan fingerprint density at radius 2 is 2.26 bits per heavy atom. The Kier molecular flexibility index (Phi) is 3.18. The highest BCUT2D eigenvalue weighted by Gasteiger charge is 2.25. The number of hydrogen-bond acceptors (Lipinski definition) is 4. The fourth-order valence-electron chi connectivity index (χ4n) is 1.88. The third-order valence-electron chi connectivity index (χ3n) is 3.09. The SMILES string of the molecule is O=C(NCc1cc(C2CC2)ncn1)c1cccnc1. The molecule has 1 amide bonds. The third kappa shape index (κ3) is 2.93. The lowest BCUT2D eigenvalue weighted by Crippen LogP contribution is -2.23.